The van der Waals surface area contributed by atoms with Crippen LogP contribution in [-0.2, 0) is 0 Å². The van der Waals surface area contributed by atoms with Crippen LogP contribution in [0.5, 0.6) is 0 Å². The van der Waals surface area contributed by atoms with E-state index >= 15 is 0 Å². The molecule has 0 radical (unpaired) electrons. The summed E-state index contributed by atoms with van der Waals surface area (Å²) in [5.41, 5.74) is 0.593. The molecule has 1 heterocycles. The van der Waals surface area contributed by atoms with Crippen molar-refractivity contribution < 1.29 is 0 Å². The van der Waals surface area contributed by atoms with Crippen LogP contribution in [0.3, 0.4) is 0 Å². The molecule has 0 bridgehead atoms. The third kappa shape index (κ3) is 3.05. The molecule has 1 atom stereocenters. The summed E-state index contributed by atoms with van der Waals surface area (Å²) < 4.78 is 3.32. The third-order valence-corrected chi connectivity index (χ3v) is 15.7. The molecule has 0 aliphatic carbocycles. The fourth-order valence-corrected chi connectivity index (χ4v) is 14.7. The second kappa shape index (κ2) is 3.63. The second-order valence-corrected chi connectivity index (χ2v) is 15.6. The van der Waals surface area contributed by atoms with Crippen molar-refractivity contribution >= 4 is 29.0 Å². The Kier molecular flexibility index (Phi) is 3.36. The van der Waals surface area contributed by atoms with Crippen LogP contribution in [0.1, 0.15) is 20.8 Å². The van der Waals surface area contributed by atoms with Gasteiger partial charge >= 0.3 is 88.8 Å². The van der Waals surface area contributed by atoms with E-state index < -0.39 is 8.07 Å². The molecule has 1 aliphatic rings. The predicted octanol–water partition coefficient (Wildman–Crippen LogP) is 3.45. The Hall–Kier alpha value is 1.01. The molecule has 72 valence electrons. The monoisotopic (exact) mass is 300 g/mol. The molecule has 0 aromatic heterocycles. The van der Waals surface area contributed by atoms with E-state index in [1.807, 2.05) is 0 Å². The maximum absolute atomic E-state index is 2.59. The van der Waals surface area contributed by atoms with Gasteiger partial charge in [0, 0.05) is 0 Å². The van der Waals surface area contributed by atoms with Gasteiger partial charge in [-0.3, -0.25) is 0 Å². The molecule has 2 heteroatoms. The molecule has 0 saturated carbocycles. The van der Waals surface area contributed by atoms with E-state index in [2.05, 4.69) is 33.9 Å². The summed E-state index contributed by atoms with van der Waals surface area (Å²) in [5.74, 6) is 1.07. The molecular weight excluding hydrogens is 276 g/mol. The number of hydrogen-bond acceptors (Lipinski definition) is 0. The van der Waals surface area contributed by atoms with Crippen molar-refractivity contribution in [3.8, 4) is 0 Å². The fraction of sp³-hybridized carbons (Fsp3) is 1.00. The van der Waals surface area contributed by atoms with Crippen LogP contribution in [0, 0.1) is 11.3 Å². The van der Waals surface area contributed by atoms with Gasteiger partial charge in [0.1, 0.15) is 0 Å². The summed E-state index contributed by atoms with van der Waals surface area (Å²) in [5, 5.41) is 0. The Labute approximate surface area is 88.6 Å². The van der Waals surface area contributed by atoms with Gasteiger partial charge in [0.2, 0.25) is 0 Å². The first kappa shape index (κ1) is 11.1. The van der Waals surface area contributed by atoms with Gasteiger partial charge < -0.3 is 0 Å². The Bertz CT molecular complexity index is 154. The van der Waals surface area contributed by atoms with Gasteiger partial charge in [0.15, 0.2) is 0 Å². The van der Waals surface area contributed by atoms with Crippen LogP contribution in [0.4, 0.5) is 0 Å². The summed E-state index contributed by atoms with van der Waals surface area (Å²) >= 11 is 0.413. The van der Waals surface area contributed by atoms with E-state index in [-0.39, 0.29) is 0 Å². The van der Waals surface area contributed by atoms with Gasteiger partial charge in [-0.05, 0) is 0 Å². The predicted molar refractivity (Wildman–Crippen MR) is 60.6 cm³/mol. The zero-order valence-corrected chi connectivity index (χ0v) is 12.4. The Balaban J connectivity index is 2.58. The minimum absolute atomic E-state index is 0.413. The maximum atomic E-state index is 2.59. The minimum atomic E-state index is -0.706. The molecule has 1 fully saturated rings. The third-order valence-electron chi connectivity index (χ3n) is 2.84. The van der Waals surface area contributed by atoms with E-state index in [4.69, 9.17) is 0 Å². The van der Waals surface area contributed by atoms with Crippen molar-refractivity contribution in [3.63, 3.8) is 0 Å². The summed E-state index contributed by atoms with van der Waals surface area (Å²) in [6.45, 7) is 12.5. The van der Waals surface area contributed by atoms with Crippen LogP contribution in [0.25, 0.3) is 0 Å². The molecule has 0 N–H and O–H groups in total. The van der Waals surface area contributed by atoms with Crippen LogP contribution < -0.4 is 0 Å². The Morgan fingerprint density at radius 3 is 2.17 bits per heavy atom. The van der Waals surface area contributed by atoms with Gasteiger partial charge in [-0.2, -0.15) is 0 Å². The second-order valence-electron chi connectivity index (χ2n) is 5.95. The van der Waals surface area contributed by atoms with Crippen molar-refractivity contribution in [3.05, 3.63) is 0 Å². The molecule has 1 unspecified atom stereocenters. The summed E-state index contributed by atoms with van der Waals surface area (Å²) in [7, 11) is -0.706. The average molecular weight is 298 g/mol. The van der Waals surface area contributed by atoms with E-state index in [0.29, 0.717) is 26.3 Å². The quantitative estimate of drug-likeness (QED) is 0.601. The van der Waals surface area contributed by atoms with E-state index in [9.17, 15) is 0 Å². The van der Waals surface area contributed by atoms with Crippen molar-refractivity contribution in [1.82, 2.24) is 0 Å². The first-order chi connectivity index (χ1) is 5.31. The number of rotatable bonds is 0. The topological polar surface area (TPSA) is 0 Å². The van der Waals surface area contributed by atoms with Crippen LogP contribution >= 0.6 is 0 Å². The molecule has 0 aromatic carbocycles. The fourth-order valence-electron chi connectivity index (χ4n) is 1.82. The normalized spacial score (nSPS) is 30.2. The molecule has 1 aliphatic heterocycles. The van der Waals surface area contributed by atoms with E-state index in [1.165, 1.54) is 0 Å². The van der Waals surface area contributed by atoms with Gasteiger partial charge in [0.05, 0.1) is 0 Å². The molecular formula is C10H22SiTe. The molecule has 12 heavy (non-hydrogen) atoms. The van der Waals surface area contributed by atoms with E-state index in [0.717, 1.165) is 5.92 Å². The zero-order chi connectivity index (χ0) is 9.41. The van der Waals surface area contributed by atoms with Gasteiger partial charge in [-0.1, -0.05) is 0 Å². The van der Waals surface area contributed by atoms with Crippen molar-refractivity contribution in [2.45, 2.75) is 48.5 Å². The van der Waals surface area contributed by atoms with Gasteiger partial charge in [-0.25, -0.2) is 0 Å². The molecule has 0 nitrogen and oxygen atoms in total. The van der Waals surface area contributed by atoms with Crippen molar-refractivity contribution in [1.29, 1.82) is 0 Å². The average Bonchev–Trinajstić information content (AvgIpc) is 1.83. The molecule has 0 aromatic rings. The first-order valence-corrected chi connectivity index (χ1v) is 11.6. The van der Waals surface area contributed by atoms with Crippen molar-refractivity contribution in [2.75, 3.05) is 0 Å². The van der Waals surface area contributed by atoms with Gasteiger partial charge in [0.25, 0.3) is 0 Å². The zero-order valence-electron chi connectivity index (χ0n) is 9.11. The van der Waals surface area contributed by atoms with Gasteiger partial charge in [-0.15, -0.1) is 0 Å². The van der Waals surface area contributed by atoms with E-state index in [1.54, 1.807) is 14.6 Å². The summed E-state index contributed by atoms with van der Waals surface area (Å²) in [6.07, 6.45) is 0. The number of hydrogen-bond donors (Lipinski definition) is 0. The summed E-state index contributed by atoms with van der Waals surface area (Å²) in [6, 6.07) is 1.60. The first-order valence-electron chi connectivity index (χ1n) is 4.89. The Morgan fingerprint density at radius 2 is 1.83 bits per heavy atom. The molecule has 0 spiro atoms. The SMILES string of the molecule is CC(C)(C)C1C[Te]C[Si](C)(C)C1. The molecule has 1 rings (SSSR count). The summed E-state index contributed by atoms with van der Waals surface area (Å²) in [4.78, 5) is 0. The molecule has 1 saturated heterocycles. The van der Waals surface area contributed by atoms with Crippen LogP contribution in [-0.4, -0.2) is 29.0 Å². The molecule has 0 amide bonds. The van der Waals surface area contributed by atoms with Crippen molar-refractivity contribution in [2.24, 2.45) is 11.3 Å². The standard InChI is InChI=1S/C10H22SiTe/c1-10(2,3)9-6-11(4,5)8-12-7-9/h9H,6-8H2,1-5H3. The Morgan fingerprint density at radius 1 is 1.25 bits per heavy atom. The van der Waals surface area contributed by atoms with Crippen LogP contribution in [0.15, 0.2) is 0 Å². The van der Waals surface area contributed by atoms with Crippen LogP contribution in [0.2, 0.25) is 27.7 Å².